The number of nitro groups is 1. The van der Waals surface area contributed by atoms with Gasteiger partial charge in [0.2, 0.25) is 0 Å². The molecule has 0 bridgehead atoms. The number of benzene rings is 1. The lowest BCUT2D eigenvalue weighted by atomic mass is 9.77. The van der Waals surface area contributed by atoms with Crippen LogP contribution in [0.15, 0.2) is 36.4 Å². The molecule has 2 rings (SSSR count). The third kappa shape index (κ3) is 2.90. The van der Waals surface area contributed by atoms with Crippen molar-refractivity contribution in [2.45, 2.75) is 32.3 Å². The molecule has 0 amide bonds. The second-order valence-corrected chi connectivity index (χ2v) is 5.39. The number of nitro benzene ring substituents is 1. The van der Waals surface area contributed by atoms with Crippen LogP contribution in [0.4, 0.5) is 5.69 Å². The molecule has 0 heterocycles. The van der Waals surface area contributed by atoms with Crippen LogP contribution in [0.2, 0.25) is 0 Å². The lowest BCUT2D eigenvalue weighted by Crippen LogP contribution is -2.48. The van der Waals surface area contributed by atoms with Crippen molar-refractivity contribution in [1.82, 2.24) is 0 Å². The average molecular weight is 303 g/mol. The molecule has 6 heteroatoms. The summed E-state index contributed by atoms with van der Waals surface area (Å²) in [5, 5.41) is 10.6. The minimum atomic E-state index is -1.16. The summed E-state index contributed by atoms with van der Waals surface area (Å²) in [5.41, 5.74) is -1.08. The van der Waals surface area contributed by atoms with Crippen LogP contribution in [-0.4, -0.2) is 22.3 Å². The maximum Gasteiger partial charge on any atom is 0.339 e. The van der Waals surface area contributed by atoms with Crippen molar-refractivity contribution >= 4 is 17.4 Å². The number of Topliss-reactive ketones (excluding diaryl/α,β-unsaturated/α-hetero) is 1. The molecule has 0 aliphatic heterocycles. The monoisotopic (exact) mass is 303 g/mol. The van der Waals surface area contributed by atoms with Crippen molar-refractivity contribution in [2.75, 3.05) is 0 Å². The van der Waals surface area contributed by atoms with E-state index in [9.17, 15) is 19.7 Å². The third-order valence-corrected chi connectivity index (χ3v) is 4.03. The summed E-state index contributed by atoms with van der Waals surface area (Å²) in [7, 11) is 0. The number of hydrogen-bond acceptors (Lipinski definition) is 5. The number of rotatable bonds is 4. The fraction of sp³-hybridized carbons (Fsp3) is 0.375. The number of ketones is 1. The zero-order chi connectivity index (χ0) is 16.3. The van der Waals surface area contributed by atoms with Gasteiger partial charge in [-0.2, -0.15) is 0 Å². The van der Waals surface area contributed by atoms with Gasteiger partial charge in [0.1, 0.15) is 0 Å². The van der Waals surface area contributed by atoms with E-state index in [2.05, 4.69) is 0 Å². The van der Waals surface area contributed by atoms with Crippen molar-refractivity contribution < 1.29 is 19.2 Å². The molecule has 1 aliphatic carbocycles. The van der Waals surface area contributed by atoms with Crippen LogP contribution in [0.1, 0.15) is 37.0 Å². The first-order valence-corrected chi connectivity index (χ1v) is 7.02. The number of non-ortho nitro benzene ring substituents is 1. The minimum Gasteiger partial charge on any atom is -0.447 e. The van der Waals surface area contributed by atoms with Gasteiger partial charge in [0.25, 0.3) is 5.69 Å². The van der Waals surface area contributed by atoms with Crippen LogP contribution in [0.25, 0.3) is 0 Å². The summed E-state index contributed by atoms with van der Waals surface area (Å²) < 4.78 is 5.53. The fourth-order valence-electron chi connectivity index (χ4n) is 2.64. The molecule has 0 fully saturated rings. The van der Waals surface area contributed by atoms with E-state index in [0.29, 0.717) is 12.8 Å². The largest absolute Gasteiger partial charge is 0.447 e. The van der Waals surface area contributed by atoms with E-state index >= 15 is 0 Å². The molecule has 1 aromatic carbocycles. The van der Waals surface area contributed by atoms with E-state index < -0.39 is 16.5 Å². The van der Waals surface area contributed by atoms with Crippen LogP contribution in [-0.2, 0) is 9.53 Å². The maximum atomic E-state index is 12.3. The molecule has 1 aromatic rings. The lowest BCUT2D eigenvalue weighted by molar-refractivity contribution is -0.384. The van der Waals surface area contributed by atoms with Crippen LogP contribution in [0.3, 0.4) is 0 Å². The van der Waals surface area contributed by atoms with Gasteiger partial charge >= 0.3 is 5.97 Å². The summed E-state index contributed by atoms with van der Waals surface area (Å²) in [6.07, 6.45) is 4.94. The number of ether oxygens (including phenoxy) is 1. The van der Waals surface area contributed by atoms with Gasteiger partial charge in [-0.3, -0.25) is 14.9 Å². The molecular formula is C16H17NO5. The SMILES string of the molecule is CC(=O)[C@@]1(OC(=O)c2ccc([N+](=O)[O-])cc2)CCC=C[C@H]1C. The van der Waals surface area contributed by atoms with Gasteiger partial charge in [0, 0.05) is 18.1 Å². The number of hydrogen-bond donors (Lipinski definition) is 0. The van der Waals surface area contributed by atoms with Gasteiger partial charge in [-0.1, -0.05) is 19.1 Å². The molecule has 0 aromatic heterocycles. The molecule has 0 unspecified atom stereocenters. The predicted octanol–water partition coefficient (Wildman–Crippen LogP) is 3.07. The molecule has 0 spiro atoms. The van der Waals surface area contributed by atoms with Crippen LogP contribution >= 0.6 is 0 Å². The zero-order valence-corrected chi connectivity index (χ0v) is 12.4. The number of allylic oxidation sites excluding steroid dienone is 1. The molecule has 0 saturated heterocycles. The van der Waals surface area contributed by atoms with Gasteiger partial charge in [0.15, 0.2) is 11.4 Å². The third-order valence-electron chi connectivity index (χ3n) is 4.03. The van der Waals surface area contributed by atoms with Crippen molar-refractivity contribution in [2.24, 2.45) is 5.92 Å². The molecular weight excluding hydrogens is 286 g/mol. The summed E-state index contributed by atoms with van der Waals surface area (Å²) in [6.45, 7) is 3.25. The number of esters is 1. The second-order valence-electron chi connectivity index (χ2n) is 5.39. The first-order valence-electron chi connectivity index (χ1n) is 7.02. The number of carbonyl (C=O) groups is 2. The number of carbonyl (C=O) groups excluding carboxylic acids is 2. The first kappa shape index (κ1) is 15.9. The van der Waals surface area contributed by atoms with Gasteiger partial charge in [-0.05, 0) is 31.9 Å². The molecule has 2 atom stereocenters. The van der Waals surface area contributed by atoms with Gasteiger partial charge in [-0.25, -0.2) is 4.79 Å². The average Bonchev–Trinajstić information content (AvgIpc) is 2.49. The van der Waals surface area contributed by atoms with Crippen LogP contribution in [0, 0.1) is 16.0 Å². The minimum absolute atomic E-state index is 0.105. The highest BCUT2D eigenvalue weighted by atomic mass is 16.6. The summed E-state index contributed by atoms with van der Waals surface area (Å²) >= 11 is 0. The number of nitrogens with zero attached hydrogens (tertiary/aromatic N) is 1. The Balaban J connectivity index is 2.23. The smallest absolute Gasteiger partial charge is 0.339 e. The summed E-state index contributed by atoms with van der Waals surface area (Å²) in [6, 6.07) is 5.14. The van der Waals surface area contributed by atoms with Crippen LogP contribution < -0.4 is 0 Å². The van der Waals surface area contributed by atoms with E-state index in [0.717, 1.165) is 0 Å². The Labute approximate surface area is 127 Å². The molecule has 0 radical (unpaired) electrons. The summed E-state index contributed by atoms with van der Waals surface area (Å²) in [5.74, 6) is -1.05. The zero-order valence-electron chi connectivity index (χ0n) is 12.4. The highest BCUT2D eigenvalue weighted by Gasteiger charge is 2.44. The van der Waals surface area contributed by atoms with E-state index in [1.807, 2.05) is 19.1 Å². The second kappa shape index (κ2) is 6.09. The standard InChI is InChI=1S/C16H17NO5/c1-11-5-3-4-10-16(11,12(2)18)22-15(19)13-6-8-14(9-7-13)17(20)21/h3,5-9,11H,4,10H2,1-2H3/t11-,16-/m1/s1. The highest BCUT2D eigenvalue weighted by molar-refractivity contribution is 5.94. The molecule has 1 aliphatic rings. The maximum absolute atomic E-state index is 12.3. The molecule has 0 saturated carbocycles. The van der Waals surface area contributed by atoms with Crippen molar-refractivity contribution in [3.05, 3.63) is 52.1 Å². The first-order chi connectivity index (χ1) is 10.4. The molecule has 116 valence electrons. The topological polar surface area (TPSA) is 86.5 Å². The van der Waals surface area contributed by atoms with Crippen molar-refractivity contribution in [1.29, 1.82) is 0 Å². The normalized spacial score (nSPS) is 23.8. The molecule has 6 nitrogen and oxygen atoms in total. The highest BCUT2D eigenvalue weighted by Crippen LogP contribution is 2.34. The Morgan fingerprint density at radius 2 is 1.95 bits per heavy atom. The summed E-state index contributed by atoms with van der Waals surface area (Å²) in [4.78, 5) is 34.4. The van der Waals surface area contributed by atoms with Gasteiger partial charge < -0.3 is 4.74 Å². The van der Waals surface area contributed by atoms with Crippen molar-refractivity contribution in [3.8, 4) is 0 Å². The Hall–Kier alpha value is -2.50. The van der Waals surface area contributed by atoms with E-state index in [1.54, 1.807) is 0 Å². The van der Waals surface area contributed by atoms with E-state index in [4.69, 9.17) is 4.74 Å². The van der Waals surface area contributed by atoms with Gasteiger partial charge in [0.05, 0.1) is 10.5 Å². The van der Waals surface area contributed by atoms with E-state index in [-0.39, 0.29) is 23.0 Å². The molecule has 22 heavy (non-hydrogen) atoms. The molecule has 0 N–H and O–H groups in total. The fourth-order valence-corrected chi connectivity index (χ4v) is 2.64. The predicted molar refractivity (Wildman–Crippen MR) is 79.5 cm³/mol. The Kier molecular flexibility index (Phi) is 4.40. The lowest BCUT2D eigenvalue weighted by Gasteiger charge is -2.37. The van der Waals surface area contributed by atoms with Gasteiger partial charge in [-0.15, -0.1) is 0 Å². The van der Waals surface area contributed by atoms with E-state index in [1.165, 1.54) is 31.2 Å². The quantitative estimate of drug-likeness (QED) is 0.369. The Morgan fingerprint density at radius 3 is 2.45 bits per heavy atom. The van der Waals surface area contributed by atoms with Crippen molar-refractivity contribution in [3.63, 3.8) is 0 Å². The Bertz CT molecular complexity index is 634. The Morgan fingerprint density at radius 1 is 1.32 bits per heavy atom. The van der Waals surface area contributed by atoms with Crippen LogP contribution in [0.5, 0.6) is 0 Å².